The molecule has 9 nitrogen and oxygen atoms in total. The molecule has 1 aromatic heterocycles. The van der Waals surface area contributed by atoms with Crippen LogP contribution in [0.5, 0.6) is 0 Å². The molecule has 212 valence electrons. The van der Waals surface area contributed by atoms with Gasteiger partial charge in [0.1, 0.15) is 17.9 Å². The van der Waals surface area contributed by atoms with Crippen molar-refractivity contribution in [1.82, 2.24) is 20.9 Å². The molecule has 1 saturated carbocycles. The molecule has 1 aliphatic rings. The Balaban J connectivity index is 1.87. The average molecular weight is 573 g/mol. The van der Waals surface area contributed by atoms with Crippen molar-refractivity contribution < 1.29 is 40.4 Å². The van der Waals surface area contributed by atoms with Crippen molar-refractivity contribution in [2.24, 2.45) is 0 Å². The van der Waals surface area contributed by atoms with Crippen LogP contribution in [0.25, 0.3) is 0 Å². The van der Waals surface area contributed by atoms with Crippen LogP contribution in [0, 0.1) is 5.82 Å². The van der Waals surface area contributed by atoms with Crippen LogP contribution in [-0.2, 0) is 30.0 Å². The monoisotopic (exact) mass is 572 g/mol. The van der Waals surface area contributed by atoms with Crippen LogP contribution in [0.4, 0.5) is 17.6 Å². The second kappa shape index (κ2) is 12.6. The van der Waals surface area contributed by atoms with E-state index in [1.807, 2.05) is 5.32 Å². The first kappa shape index (κ1) is 30.2. The van der Waals surface area contributed by atoms with Crippen molar-refractivity contribution in [1.29, 1.82) is 0 Å². The Kier molecular flexibility index (Phi) is 9.78. The van der Waals surface area contributed by atoms with Gasteiger partial charge in [0, 0.05) is 18.4 Å². The van der Waals surface area contributed by atoms with Gasteiger partial charge in [0.2, 0.25) is 11.7 Å². The average Bonchev–Trinajstić information content (AvgIpc) is 3.68. The summed E-state index contributed by atoms with van der Waals surface area (Å²) in [7, 11) is -4.20. The van der Waals surface area contributed by atoms with Gasteiger partial charge in [-0.15, -0.1) is 0 Å². The number of pyridine rings is 1. The standard InChI is InChI=1S/C25H28F4N4O5S/c1-2-19(21(34)24(36)31-18-9-10-18)33-23(35)20(14-39(37,38)13-15-4-3-11-30-12-15)32-22(25(27,28)29)16-5-7-17(26)8-6-16/h3-8,11-12,18-20,22,32H,2,9-10,13-14H2,1H3,(H,31,36)(H,33,35)/t19?,20?,22-/m0/s1. The molecule has 1 aromatic carbocycles. The van der Waals surface area contributed by atoms with Gasteiger partial charge in [0.05, 0.1) is 17.5 Å². The highest BCUT2D eigenvalue weighted by molar-refractivity contribution is 7.90. The molecule has 0 saturated heterocycles. The normalized spacial score (nSPS) is 16.1. The van der Waals surface area contributed by atoms with Gasteiger partial charge in [0.15, 0.2) is 9.84 Å². The lowest BCUT2D eigenvalue weighted by Gasteiger charge is -2.28. The summed E-state index contributed by atoms with van der Waals surface area (Å²) in [6.45, 7) is 1.48. The summed E-state index contributed by atoms with van der Waals surface area (Å²) >= 11 is 0. The van der Waals surface area contributed by atoms with Crippen molar-refractivity contribution in [3.05, 3.63) is 65.7 Å². The van der Waals surface area contributed by atoms with E-state index in [4.69, 9.17) is 0 Å². The van der Waals surface area contributed by atoms with E-state index in [1.165, 1.54) is 31.5 Å². The summed E-state index contributed by atoms with van der Waals surface area (Å²) in [4.78, 5) is 41.8. The SMILES string of the molecule is CCC(NC(=O)C(CS(=O)(=O)Cc1cccnc1)N[C@@H](c1ccc(F)cc1)C(F)(F)F)C(=O)C(=O)NC1CC1. The summed E-state index contributed by atoms with van der Waals surface area (Å²) in [5, 5.41) is 6.75. The smallest absolute Gasteiger partial charge is 0.347 e. The van der Waals surface area contributed by atoms with Crippen LogP contribution < -0.4 is 16.0 Å². The minimum Gasteiger partial charge on any atom is -0.347 e. The molecule has 3 rings (SSSR count). The van der Waals surface area contributed by atoms with Gasteiger partial charge in [-0.1, -0.05) is 25.1 Å². The first-order valence-electron chi connectivity index (χ1n) is 12.1. The van der Waals surface area contributed by atoms with Crippen LogP contribution in [0.3, 0.4) is 0 Å². The number of carbonyl (C=O) groups excluding carboxylic acids is 3. The first-order chi connectivity index (χ1) is 18.3. The van der Waals surface area contributed by atoms with Crippen LogP contribution in [-0.4, -0.2) is 61.1 Å². The number of carbonyl (C=O) groups is 3. The molecule has 14 heteroatoms. The molecule has 1 fully saturated rings. The third-order valence-electron chi connectivity index (χ3n) is 5.92. The zero-order valence-corrected chi connectivity index (χ0v) is 21.7. The molecule has 3 N–H and O–H groups in total. The van der Waals surface area contributed by atoms with Gasteiger partial charge in [-0.05, 0) is 48.6 Å². The van der Waals surface area contributed by atoms with E-state index in [0.29, 0.717) is 12.8 Å². The van der Waals surface area contributed by atoms with Crippen molar-refractivity contribution in [2.45, 2.75) is 62.3 Å². The van der Waals surface area contributed by atoms with Gasteiger partial charge in [-0.2, -0.15) is 13.2 Å². The molecule has 39 heavy (non-hydrogen) atoms. The van der Waals surface area contributed by atoms with E-state index in [0.717, 1.165) is 24.3 Å². The van der Waals surface area contributed by atoms with Crippen molar-refractivity contribution in [3.63, 3.8) is 0 Å². The molecule has 1 heterocycles. The number of nitrogens with zero attached hydrogens (tertiary/aromatic N) is 1. The van der Waals surface area contributed by atoms with Gasteiger partial charge >= 0.3 is 6.18 Å². The summed E-state index contributed by atoms with van der Waals surface area (Å²) in [5.41, 5.74) is -0.209. The molecule has 3 atom stereocenters. The highest BCUT2D eigenvalue weighted by Gasteiger charge is 2.44. The number of hydrogen-bond donors (Lipinski definition) is 3. The second-order valence-electron chi connectivity index (χ2n) is 9.24. The minimum atomic E-state index is -5.01. The highest BCUT2D eigenvalue weighted by Crippen LogP contribution is 2.33. The first-order valence-corrected chi connectivity index (χ1v) is 13.9. The number of ketones is 1. The molecule has 0 radical (unpaired) electrons. The Hall–Kier alpha value is -3.39. The number of rotatable bonds is 13. The van der Waals surface area contributed by atoms with E-state index in [-0.39, 0.29) is 18.0 Å². The molecule has 1 aliphatic carbocycles. The number of hydrogen-bond acceptors (Lipinski definition) is 7. The van der Waals surface area contributed by atoms with Crippen molar-refractivity contribution >= 4 is 27.4 Å². The number of alkyl halides is 3. The van der Waals surface area contributed by atoms with E-state index in [9.17, 15) is 40.4 Å². The Morgan fingerprint density at radius 1 is 1.08 bits per heavy atom. The summed E-state index contributed by atoms with van der Waals surface area (Å²) in [6, 6.07) is 0.179. The summed E-state index contributed by atoms with van der Waals surface area (Å²) in [6.07, 6.45) is -1.00. The highest BCUT2D eigenvalue weighted by atomic mass is 32.2. The second-order valence-corrected chi connectivity index (χ2v) is 11.4. The fourth-order valence-electron chi connectivity index (χ4n) is 3.75. The summed E-state index contributed by atoms with van der Waals surface area (Å²) < 4.78 is 81.4. The lowest BCUT2D eigenvalue weighted by atomic mass is 10.0. The number of benzene rings is 1. The predicted octanol–water partition coefficient (Wildman–Crippen LogP) is 2.14. The van der Waals surface area contributed by atoms with E-state index in [1.54, 1.807) is 0 Å². The molecule has 2 aromatic rings. The van der Waals surface area contributed by atoms with Crippen LogP contribution in [0.2, 0.25) is 0 Å². The van der Waals surface area contributed by atoms with Crippen LogP contribution in [0.15, 0.2) is 48.8 Å². The Bertz CT molecular complexity index is 1270. The maximum absolute atomic E-state index is 14.0. The van der Waals surface area contributed by atoms with Gasteiger partial charge in [-0.25, -0.2) is 12.8 Å². The Morgan fingerprint density at radius 2 is 1.74 bits per heavy atom. The maximum atomic E-state index is 14.0. The van der Waals surface area contributed by atoms with Crippen LogP contribution in [0.1, 0.15) is 43.4 Å². The third-order valence-corrected chi connectivity index (χ3v) is 7.54. The minimum absolute atomic E-state index is 0.0710. The van der Waals surface area contributed by atoms with Gasteiger partial charge < -0.3 is 10.6 Å². The fraction of sp³-hybridized carbons (Fsp3) is 0.440. The zero-order valence-electron chi connectivity index (χ0n) is 20.9. The number of halogens is 4. The lowest BCUT2D eigenvalue weighted by molar-refractivity contribution is -0.160. The zero-order chi connectivity index (χ0) is 28.8. The van der Waals surface area contributed by atoms with E-state index < -0.39 is 74.6 Å². The number of amides is 2. The molecule has 2 amide bonds. The number of Topliss-reactive ketones (excluding diaryl/α,β-unsaturated/α-hetero) is 1. The largest absolute Gasteiger partial charge is 0.407 e. The number of sulfone groups is 1. The Labute approximate surface area is 222 Å². The molecule has 0 bridgehead atoms. The molecular formula is C25H28F4N4O5S. The molecule has 0 aliphatic heterocycles. The molecule has 0 spiro atoms. The number of nitrogens with one attached hydrogen (secondary N) is 3. The quantitative estimate of drug-likeness (QED) is 0.247. The maximum Gasteiger partial charge on any atom is 0.407 e. The van der Waals surface area contributed by atoms with Crippen LogP contribution >= 0.6 is 0 Å². The Morgan fingerprint density at radius 3 is 2.28 bits per heavy atom. The topological polar surface area (TPSA) is 134 Å². The molecule has 2 unspecified atom stereocenters. The van der Waals surface area contributed by atoms with Crippen molar-refractivity contribution in [2.75, 3.05) is 5.75 Å². The third kappa shape index (κ3) is 9.10. The van der Waals surface area contributed by atoms with Gasteiger partial charge in [-0.3, -0.25) is 24.7 Å². The van der Waals surface area contributed by atoms with Crippen molar-refractivity contribution in [3.8, 4) is 0 Å². The van der Waals surface area contributed by atoms with E-state index in [2.05, 4.69) is 15.6 Å². The summed E-state index contributed by atoms with van der Waals surface area (Å²) in [5.74, 6) is -5.64. The molecular weight excluding hydrogens is 544 g/mol. The van der Waals surface area contributed by atoms with Gasteiger partial charge in [0.25, 0.3) is 5.91 Å². The predicted molar refractivity (Wildman–Crippen MR) is 132 cm³/mol. The lowest BCUT2D eigenvalue weighted by Crippen LogP contribution is -2.56. The van der Waals surface area contributed by atoms with E-state index >= 15 is 0 Å². The number of aromatic nitrogens is 1. The fourth-order valence-corrected chi connectivity index (χ4v) is 5.31.